The summed E-state index contributed by atoms with van der Waals surface area (Å²) in [5.74, 6) is 0. The summed E-state index contributed by atoms with van der Waals surface area (Å²) in [6.07, 6.45) is 2.82. The first-order chi connectivity index (χ1) is 13.0. The topological polar surface area (TPSA) is 65.6 Å². The van der Waals surface area contributed by atoms with Gasteiger partial charge in [-0.05, 0) is 50.9 Å². The average Bonchev–Trinajstić information content (AvgIpc) is 2.92. The molecule has 2 heterocycles. The van der Waals surface area contributed by atoms with Crippen molar-refractivity contribution in [3.63, 3.8) is 0 Å². The molecule has 1 aromatic carbocycles. The summed E-state index contributed by atoms with van der Waals surface area (Å²) in [6, 6.07) is 8.30. The second-order valence-electron chi connectivity index (χ2n) is 8.03. The van der Waals surface area contributed by atoms with Crippen molar-refractivity contribution in [2.24, 2.45) is 0 Å². The van der Waals surface area contributed by atoms with Crippen LogP contribution < -0.4 is 5.43 Å². The zero-order valence-corrected chi connectivity index (χ0v) is 16.3. The molecule has 5 heteroatoms. The molecule has 2 aromatic rings. The minimum absolute atomic E-state index is 0.125. The molecule has 0 radical (unpaired) electrons. The van der Waals surface area contributed by atoms with Gasteiger partial charge in [0.2, 0.25) is 0 Å². The number of rotatable bonds is 3. The number of methoxy groups -OCH3 is 1. The van der Waals surface area contributed by atoms with Crippen molar-refractivity contribution in [1.29, 1.82) is 0 Å². The van der Waals surface area contributed by atoms with Gasteiger partial charge in [0.05, 0.1) is 6.10 Å². The van der Waals surface area contributed by atoms with E-state index in [1.165, 1.54) is 5.56 Å². The van der Waals surface area contributed by atoms with Crippen molar-refractivity contribution < 1.29 is 9.84 Å². The van der Waals surface area contributed by atoms with Crippen LogP contribution in [0.2, 0.25) is 0 Å². The highest BCUT2D eigenvalue weighted by Gasteiger charge is 2.52. The first-order valence-corrected chi connectivity index (χ1v) is 9.68. The molecule has 1 saturated heterocycles. The van der Waals surface area contributed by atoms with Crippen molar-refractivity contribution in [2.75, 3.05) is 20.2 Å². The van der Waals surface area contributed by atoms with E-state index in [1.807, 2.05) is 19.9 Å². The predicted octanol–water partition coefficient (Wildman–Crippen LogP) is 2.59. The van der Waals surface area contributed by atoms with Gasteiger partial charge in [-0.15, -0.1) is 0 Å². The van der Waals surface area contributed by atoms with Gasteiger partial charge in [-0.3, -0.25) is 9.69 Å². The number of piperidine rings is 1. The quantitative estimate of drug-likeness (QED) is 0.874. The number of ether oxygens (including phenoxy) is 1. The molecular weight excluding hydrogens is 340 g/mol. The third-order valence-electron chi connectivity index (χ3n) is 6.65. The van der Waals surface area contributed by atoms with Crippen molar-refractivity contribution in [3.8, 4) is 0 Å². The molecule has 1 aliphatic heterocycles. The maximum atomic E-state index is 12.2. The normalized spacial score (nSPS) is 24.3. The number of benzene rings is 1. The van der Waals surface area contributed by atoms with Crippen LogP contribution in [-0.4, -0.2) is 41.3 Å². The first-order valence-electron chi connectivity index (χ1n) is 9.68. The molecule has 2 aliphatic rings. The molecule has 144 valence electrons. The molecule has 27 heavy (non-hydrogen) atoms. The molecule has 1 aromatic heterocycles. The smallest absolute Gasteiger partial charge is 0.187 e. The van der Waals surface area contributed by atoms with E-state index in [2.05, 4.69) is 28.1 Å². The Balaban J connectivity index is 1.54. The Labute approximate surface area is 160 Å². The number of hydrogen-bond acceptors (Lipinski definition) is 4. The van der Waals surface area contributed by atoms with Crippen LogP contribution in [0.3, 0.4) is 0 Å². The lowest BCUT2D eigenvalue weighted by Crippen LogP contribution is -2.48. The standard InChI is InChI=1S/C22H28N2O3/c1-14-12-23-18(15(2)19(14)25)13-24-10-8-22(9-11-24)17-7-5-4-6-16(17)20(27-3)21(22)26/h4-7,12,20-21,26H,8-11,13H2,1-3H3,(H,23,25)/t20-,21+/m1/s1. The van der Waals surface area contributed by atoms with Gasteiger partial charge in [0.1, 0.15) is 6.10 Å². The predicted molar refractivity (Wildman–Crippen MR) is 105 cm³/mol. The minimum Gasteiger partial charge on any atom is -0.389 e. The van der Waals surface area contributed by atoms with Gasteiger partial charge in [-0.1, -0.05) is 24.3 Å². The average molecular weight is 368 g/mol. The van der Waals surface area contributed by atoms with E-state index in [-0.39, 0.29) is 16.9 Å². The number of H-pyrrole nitrogens is 1. The second-order valence-corrected chi connectivity index (χ2v) is 8.03. The molecule has 0 bridgehead atoms. The Morgan fingerprint density at radius 3 is 2.67 bits per heavy atom. The number of aliphatic hydroxyl groups excluding tert-OH is 1. The Kier molecular flexibility index (Phi) is 4.70. The Morgan fingerprint density at radius 1 is 1.26 bits per heavy atom. The zero-order chi connectivity index (χ0) is 19.2. The number of likely N-dealkylation sites (tertiary alicyclic amines) is 1. The van der Waals surface area contributed by atoms with Gasteiger partial charge in [-0.2, -0.15) is 0 Å². The van der Waals surface area contributed by atoms with Crippen molar-refractivity contribution in [3.05, 3.63) is 68.6 Å². The van der Waals surface area contributed by atoms with Gasteiger partial charge in [0.25, 0.3) is 0 Å². The molecule has 2 N–H and O–H groups in total. The summed E-state index contributed by atoms with van der Waals surface area (Å²) in [7, 11) is 1.68. The summed E-state index contributed by atoms with van der Waals surface area (Å²) < 4.78 is 5.64. The highest BCUT2D eigenvalue weighted by atomic mass is 16.5. The molecule has 4 rings (SSSR count). The van der Waals surface area contributed by atoms with E-state index in [0.29, 0.717) is 0 Å². The van der Waals surface area contributed by atoms with Crippen LogP contribution >= 0.6 is 0 Å². The van der Waals surface area contributed by atoms with Gasteiger partial charge in [0, 0.05) is 42.1 Å². The number of nitrogens with zero attached hydrogens (tertiary/aromatic N) is 1. The Morgan fingerprint density at radius 2 is 1.96 bits per heavy atom. The Hall–Kier alpha value is -1.95. The molecule has 1 spiro atoms. The number of aryl methyl sites for hydroxylation is 1. The van der Waals surface area contributed by atoms with E-state index >= 15 is 0 Å². The fraction of sp³-hybridized carbons (Fsp3) is 0.500. The van der Waals surface area contributed by atoms with Crippen molar-refractivity contribution in [1.82, 2.24) is 9.88 Å². The number of aliphatic hydroxyl groups is 1. The largest absolute Gasteiger partial charge is 0.389 e. The van der Waals surface area contributed by atoms with Gasteiger partial charge in [-0.25, -0.2) is 0 Å². The van der Waals surface area contributed by atoms with Crippen LogP contribution in [0.25, 0.3) is 0 Å². The van der Waals surface area contributed by atoms with Crippen LogP contribution in [0.4, 0.5) is 0 Å². The summed E-state index contributed by atoms with van der Waals surface area (Å²) >= 11 is 0. The summed E-state index contributed by atoms with van der Waals surface area (Å²) in [6.45, 7) is 6.25. The number of pyridine rings is 1. The van der Waals surface area contributed by atoms with E-state index in [1.54, 1.807) is 13.3 Å². The van der Waals surface area contributed by atoms with Gasteiger partial charge >= 0.3 is 0 Å². The molecule has 1 aliphatic carbocycles. The first kappa shape index (κ1) is 18.4. The van der Waals surface area contributed by atoms with Crippen LogP contribution in [-0.2, 0) is 16.7 Å². The zero-order valence-electron chi connectivity index (χ0n) is 16.3. The molecule has 1 fully saturated rings. The van der Waals surface area contributed by atoms with Crippen molar-refractivity contribution >= 4 is 0 Å². The maximum absolute atomic E-state index is 12.2. The third kappa shape index (κ3) is 2.85. The Bertz CT molecular complexity index is 897. The molecule has 5 nitrogen and oxygen atoms in total. The number of aromatic amines is 1. The lowest BCUT2D eigenvalue weighted by molar-refractivity contribution is -0.0552. The highest BCUT2D eigenvalue weighted by Crippen LogP contribution is 2.51. The van der Waals surface area contributed by atoms with Gasteiger partial charge in [0.15, 0.2) is 5.43 Å². The lowest BCUT2D eigenvalue weighted by atomic mass is 9.72. The molecule has 0 unspecified atom stereocenters. The van der Waals surface area contributed by atoms with Crippen molar-refractivity contribution in [2.45, 2.75) is 50.9 Å². The fourth-order valence-corrected chi connectivity index (χ4v) is 4.94. The minimum atomic E-state index is -0.511. The summed E-state index contributed by atoms with van der Waals surface area (Å²) in [5, 5.41) is 11.1. The second kappa shape index (κ2) is 6.89. The van der Waals surface area contributed by atoms with Gasteiger partial charge < -0.3 is 14.8 Å². The van der Waals surface area contributed by atoms with E-state index in [4.69, 9.17) is 4.74 Å². The fourth-order valence-electron chi connectivity index (χ4n) is 4.94. The third-order valence-corrected chi connectivity index (χ3v) is 6.65. The molecular formula is C22H28N2O3. The van der Waals surface area contributed by atoms with Crippen LogP contribution in [0.1, 0.15) is 46.9 Å². The maximum Gasteiger partial charge on any atom is 0.187 e. The van der Waals surface area contributed by atoms with Crippen LogP contribution in [0.5, 0.6) is 0 Å². The molecule has 0 amide bonds. The molecule has 2 atom stereocenters. The SMILES string of the molecule is CO[C@@H]1c2ccccc2C2(CCN(Cc3[nH]cc(C)c(=O)c3C)CC2)[C@H]1O. The van der Waals surface area contributed by atoms with Crippen LogP contribution in [0, 0.1) is 13.8 Å². The van der Waals surface area contributed by atoms with E-state index < -0.39 is 6.10 Å². The molecule has 0 saturated carbocycles. The van der Waals surface area contributed by atoms with E-state index in [0.717, 1.165) is 54.9 Å². The van der Waals surface area contributed by atoms with E-state index in [9.17, 15) is 9.90 Å². The summed E-state index contributed by atoms with van der Waals surface area (Å²) in [4.78, 5) is 17.9. The summed E-state index contributed by atoms with van der Waals surface area (Å²) in [5.41, 5.74) is 4.81. The van der Waals surface area contributed by atoms with Crippen LogP contribution in [0.15, 0.2) is 35.3 Å². The monoisotopic (exact) mass is 368 g/mol. The number of aromatic nitrogens is 1. The number of fused-ring (bicyclic) bond motifs is 2. The lowest BCUT2D eigenvalue weighted by Gasteiger charge is -2.42. The highest BCUT2D eigenvalue weighted by molar-refractivity contribution is 5.44. The number of hydrogen-bond donors (Lipinski definition) is 2. The number of nitrogens with one attached hydrogen (secondary N) is 1.